The summed E-state index contributed by atoms with van der Waals surface area (Å²) < 4.78 is 4.96. The lowest BCUT2D eigenvalue weighted by molar-refractivity contribution is 0.613. The molecule has 3 heterocycles. The summed E-state index contributed by atoms with van der Waals surface area (Å²) in [5.74, 6) is 1.21. The van der Waals surface area contributed by atoms with Crippen LogP contribution in [0.25, 0.3) is 11.2 Å². The zero-order valence-electron chi connectivity index (χ0n) is 14.4. The van der Waals surface area contributed by atoms with Gasteiger partial charge in [-0.1, -0.05) is 25.1 Å². The van der Waals surface area contributed by atoms with Crippen LogP contribution >= 0.6 is 11.8 Å². The second-order valence-electron chi connectivity index (χ2n) is 5.58. The molecular formula is C14H20N8O2S. The third kappa shape index (κ3) is 3.23. The van der Waals surface area contributed by atoms with Crippen molar-refractivity contribution in [3.05, 3.63) is 26.7 Å². The standard InChI is InChI=1S/C14H20N8O2S/c1-4-6-7-22-11-10(12(23)16-13(22)24)21(5-2)9(15-11)8-25-14-17-18-19-20(14)3/h4-8H2,1-3H3,(H,16,23,24). The Balaban J connectivity index is 2.07. The Morgan fingerprint density at radius 1 is 1.20 bits per heavy atom. The molecule has 10 nitrogen and oxygen atoms in total. The monoisotopic (exact) mass is 364 g/mol. The van der Waals surface area contributed by atoms with Crippen molar-refractivity contribution in [2.45, 2.75) is 50.7 Å². The maximum atomic E-state index is 12.3. The van der Waals surface area contributed by atoms with E-state index >= 15 is 0 Å². The van der Waals surface area contributed by atoms with Gasteiger partial charge in [0.1, 0.15) is 5.82 Å². The Hall–Kier alpha value is -2.43. The number of hydrogen-bond acceptors (Lipinski definition) is 7. The summed E-state index contributed by atoms with van der Waals surface area (Å²) in [7, 11) is 1.76. The van der Waals surface area contributed by atoms with Crippen LogP contribution in [-0.2, 0) is 25.9 Å². The number of unbranched alkanes of at least 4 members (excludes halogenated alkanes) is 1. The maximum Gasteiger partial charge on any atom is 0.330 e. The second-order valence-corrected chi connectivity index (χ2v) is 6.53. The molecule has 0 aliphatic rings. The molecule has 3 rings (SSSR count). The maximum absolute atomic E-state index is 12.3. The molecule has 11 heteroatoms. The van der Waals surface area contributed by atoms with Crippen molar-refractivity contribution in [3.8, 4) is 0 Å². The summed E-state index contributed by atoms with van der Waals surface area (Å²) in [6.07, 6.45) is 1.79. The summed E-state index contributed by atoms with van der Waals surface area (Å²) in [4.78, 5) is 31.5. The molecule has 0 radical (unpaired) electrons. The number of aromatic amines is 1. The lowest BCUT2D eigenvalue weighted by atomic mass is 10.3. The quantitative estimate of drug-likeness (QED) is 0.608. The number of H-pyrrole nitrogens is 1. The predicted molar refractivity (Wildman–Crippen MR) is 93.6 cm³/mol. The number of aryl methyl sites for hydroxylation is 3. The summed E-state index contributed by atoms with van der Waals surface area (Å²) in [5.41, 5.74) is 0.0581. The first kappa shape index (κ1) is 17.4. The molecule has 0 saturated carbocycles. The van der Waals surface area contributed by atoms with E-state index in [1.807, 2.05) is 11.5 Å². The number of imidazole rings is 1. The van der Waals surface area contributed by atoms with Gasteiger partial charge in [0.15, 0.2) is 11.2 Å². The van der Waals surface area contributed by atoms with Gasteiger partial charge in [-0.2, -0.15) is 0 Å². The van der Waals surface area contributed by atoms with E-state index in [0.717, 1.165) is 12.8 Å². The molecule has 0 unspecified atom stereocenters. The first-order valence-corrected chi connectivity index (χ1v) is 9.12. The molecule has 0 aliphatic carbocycles. The van der Waals surface area contributed by atoms with Gasteiger partial charge in [-0.15, -0.1) is 5.10 Å². The summed E-state index contributed by atoms with van der Waals surface area (Å²) in [5, 5.41) is 12.0. The zero-order chi connectivity index (χ0) is 18.0. The highest BCUT2D eigenvalue weighted by Crippen LogP contribution is 2.21. The number of tetrazole rings is 1. The minimum Gasteiger partial charge on any atom is -0.322 e. The fourth-order valence-electron chi connectivity index (χ4n) is 2.66. The molecule has 0 amide bonds. The predicted octanol–water partition coefficient (Wildman–Crippen LogP) is 0.522. The summed E-state index contributed by atoms with van der Waals surface area (Å²) in [6, 6.07) is 0. The highest BCUT2D eigenvalue weighted by molar-refractivity contribution is 7.98. The molecule has 0 fully saturated rings. The van der Waals surface area contributed by atoms with Crippen molar-refractivity contribution < 1.29 is 0 Å². The van der Waals surface area contributed by atoms with Gasteiger partial charge in [0, 0.05) is 20.1 Å². The molecule has 134 valence electrons. The van der Waals surface area contributed by atoms with Gasteiger partial charge in [-0.3, -0.25) is 14.3 Å². The fraction of sp³-hybridized carbons (Fsp3) is 0.571. The van der Waals surface area contributed by atoms with E-state index < -0.39 is 11.2 Å². The highest BCUT2D eigenvalue weighted by atomic mass is 32.2. The lowest BCUT2D eigenvalue weighted by Gasteiger charge is -2.06. The van der Waals surface area contributed by atoms with E-state index in [2.05, 4.69) is 32.4 Å². The molecule has 0 aliphatic heterocycles. The van der Waals surface area contributed by atoms with E-state index in [-0.39, 0.29) is 0 Å². The number of rotatable bonds is 7. The Kier molecular flexibility index (Phi) is 5.02. The Labute approximate surface area is 147 Å². The van der Waals surface area contributed by atoms with Crippen LogP contribution in [0.5, 0.6) is 0 Å². The van der Waals surface area contributed by atoms with Gasteiger partial charge >= 0.3 is 5.69 Å². The second kappa shape index (κ2) is 7.21. The van der Waals surface area contributed by atoms with Crippen LogP contribution in [0.4, 0.5) is 0 Å². The van der Waals surface area contributed by atoms with E-state index in [4.69, 9.17) is 0 Å². The van der Waals surface area contributed by atoms with E-state index in [1.54, 1.807) is 16.3 Å². The van der Waals surface area contributed by atoms with Crippen LogP contribution in [0.2, 0.25) is 0 Å². The fourth-order valence-corrected chi connectivity index (χ4v) is 3.46. The van der Waals surface area contributed by atoms with Crippen LogP contribution in [-0.4, -0.2) is 39.3 Å². The number of fused-ring (bicyclic) bond motifs is 1. The number of hydrogen-bond donors (Lipinski definition) is 1. The number of nitrogens with one attached hydrogen (secondary N) is 1. The van der Waals surface area contributed by atoms with Gasteiger partial charge < -0.3 is 4.57 Å². The van der Waals surface area contributed by atoms with Crippen molar-refractivity contribution in [3.63, 3.8) is 0 Å². The van der Waals surface area contributed by atoms with Crippen molar-refractivity contribution in [2.75, 3.05) is 0 Å². The van der Waals surface area contributed by atoms with Gasteiger partial charge in [0.05, 0.1) is 5.75 Å². The van der Waals surface area contributed by atoms with Gasteiger partial charge in [-0.05, 0) is 23.8 Å². The van der Waals surface area contributed by atoms with Crippen LogP contribution < -0.4 is 11.2 Å². The van der Waals surface area contributed by atoms with Crippen LogP contribution in [0, 0.1) is 0 Å². The first-order chi connectivity index (χ1) is 12.1. The molecule has 0 saturated heterocycles. The minimum atomic E-state index is -0.414. The summed E-state index contributed by atoms with van der Waals surface area (Å²) in [6.45, 7) is 5.11. The van der Waals surface area contributed by atoms with E-state index in [1.165, 1.54) is 11.8 Å². The largest absolute Gasteiger partial charge is 0.330 e. The molecule has 3 aromatic heterocycles. The lowest BCUT2D eigenvalue weighted by Crippen LogP contribution is -2.31. The topological polar surface area (TPSA) is 116 Å². The zero-order valence-corrected chi connectivity index (χ0v) is 15.2. The smallest absolute Gasteiger partial charge is 0.322 e. The van der Waals surface area contributed by atoms with Crippen molar-refractivity contribution in [1.29, 1.82) is 0 Å². The van der Waals surface area contributed by atoms with Crippen molar-refractivity contribution >= 4 is 22.9 Å². The average molecular weight is 364 g/mol. The average Bonchev–Trinajstić information content (AvgIpc) is 3.16. The SMILES string of the molecule is CCCCn1c(=O)[nH]c(=O)c2c1nc(CSc1nnnn1C)n2CC. The summed E-state index contributed by atoms with van der Waals surface area (Å²) >= 11 is 1.43. The van der Waals surface area contributed by atoms with E-state index in [0.29, 0.717) is 41.0 Å². The minimum absolute atomic E-state index is 0.404. The third-order valence-corrected chi connectivity index (χ3v) is 4.93. The third-order valence-electron chi connectivity index (χ3n) is 3.93. The highest BCUT2D eigenvalue weighted by Gasteiger charge is 2.18. The van der Waals surface area contributed by atoms with Gasteiger partial charge in [-0.25, -0.2) is 14.5 Å². The molecule has 3 aromatic rings. The molecule has 25 heavy (non-hydrogen) atoms. The molecule has 0 spiro atoms. The molecule has 0 bridgehead atoms. The molecule has 1 N–H and O–H groups in total. The van der Waals surface area contributed by atoms with E-state index in [9.17, 15) is 9.59 Å². The molecular weight excluding hydrogens is 344 g/mol. The van der Waals surface area contributed by atoms with Crippen molar-refractivity contribution in [1.82, 2.24) is 39.3 Å². The Morgan fingerprint density at radius 3 is 2.64 bits per heavy atom. The number of thioether (sulfide) groups is 1. The van der Waals surface area contributed by atoms with Crippen LogP contribution in [0.3, 0.4) is 0 Å². The van der Waals surface area contributed by atoms with Gasteiger partial charge in [0.25, 0.3) is 5.56 Å². The number of aromatic nitrogens is 8. The van der Waals surface area contributed by atoms with Crippen molar-refractivity contribution in [2.24, 2.45) is 7.05 Å². The van der Waals surface area contributed by atoms with Crippen LogP contribution in [0.1, 0.15) is 32.5 Å². The van der Waals surface area contributed by atoms with Crippen LogP contribution in [0.15, 0.2) is 14.7 Å². The normalized spacial score (nSPS) is 11.5. The van der Waals surface area contributed by atoms with Gasteiger partial charge in [0.2, 0.25) is 5.16 Å². The Bertz CT molecular complexity index is 999. The molecule has 0 aromatic carbocycles. The number of nitrogens with zero attached hydrogens (tertiary/aromatic N) is 7. The Morgan fingerprint density at radius 2 is 2.00 bits per heavy atom. The molecule has 0 atom stereocenters. The first-order valence-electron chi connectivity index (χ1n) is 8.14.